The Morgan fingerprint density at radius 3 is 2.46 bits per heavy atom. The van der Waals surface area contributed by atoms with Crippen molar-refractivity contribution >= 4 is 44.1 Å². The molecule has 1 saturated heterocycles. The number of aromatic nitrogens is 1. The number of aliphatic hydroxyl groups is 1. The second-order valence-corrected chi connectivity index (χ2v) is 9.47. The summed E-state index contributed by atoms with van der Waals surface area (Å²) in [5, 5.41) is 11.7. The monoisotopic (exact) mass is 484 g/mol. The molecule has 1 aromatic heterocycles. The quantitative estimate of drug-likeness (QED) is 0.215. The number of amides is 1. The molecule has 0 radical (unpaired) electrons. The number of fused-ring (bicyclic) bond motifs is 1. The highest BCUT2D eigenvalue weighted by molar-refractivity contribution is 7.22. The van der Waals surface area contributed by atoms with Crippen LogP contribution in [0, 0.1) is 13.8 Å². The predicted octanol–water partition coefficient (Wildman–Crippen LogP) is 5.94. The number of aliphatic hydroxyl groups excluding tert-OH is 1. The number of hydrogen-bond acceptors (Lipinski definition) is 6. The summed E-state index contributed by atoms with van der Waals surface area (Å²) in [5.74, 6) is -1.02. The van der Waals surface area contributed by atoms with E-state index in [4.69, 9.17) is 9.72 Å². The molecule has 7 heteroatoms. The van der Waals surface area contributed by atoms with Gasteiger partial charge in [0.2, 0.25) is 0 Å². The lowest BCUT2D eigenvalue weighted by Crippen LogP contribution is -2.29. The van der Waals surface area contributed by atoms with Crippen molar-refractivity contribution in [1.82, 2.24) is 4.98 Å². The zero-order chi connectivity index (χ0) is 24.7. The van der Waals surface area contributed by atoms with Crippen LogP contribution >= 0.6 is 11.3 Å². The van der Waals surface area contributed by atoms with E-state index in [2.05, 4.69) is 0 Å². The lowest BCUT2D eigenvalue weighted by molar-refractivity contribution is -0.132. The minimum absolute atomic E-state index is 0.0394. The molecule has 35 heavy (non-hydrogen) atoms. The standard InChI is InChI=1S/C28H24N2O4S/c1-4-34-20-12-10-19(11-13-20)25(31)22-24(18-8-6-5-7-9-18)30(27(33)26(22)32)28-29-23-17(3)14-16(2)15-21(23)35-28/h5-15,24,31H,4H2,1-3H3/t24-/m0/s1. The summed E-state index contributed by atoms with van der Waals surface area (Å²) in [7, 11) is 0. The predicted molar refractivity (Wildman–Crippen MR) is 138 cm³/mol. The molecule has 1 aliphatic heterocycles. The minimum atomic E-state index is -0.801. The van der Waals surface area contributed by atoms with Gasteiger partial charge in [0.25, 0.3) is 5.78 Å². The summed E-state index contributed by atoms with van der Waals surface area (Å²) < 4.78 is 6.42. The largest absolute Gasteiger partial charge is 0.507 e. The van der Waals surface area contributed by atoms with Crippen LogP contribution in [0.1, 0.15) is 35.2 Å². The van der Waals surface area contributed by atoms with Crippen LogP contribution in [-0.2, 0) is 9.59 Å². The van der Waals surface area contributed by atoms with E-state index < -0.39 is 17.7 Å². The molecule has 6 nitrogen and oxygen atoms in total. The van der Waals surface area contributed by atoms with Crippen LogP contribution in [0.5, 0.6) is 5.75 Å². The fraction of sp³-hybridized carbons (Fsp3) is 0.179. The van der Waals surface area contributed by atoms with Gasteiger partial charge in [-0.3, -0.25) is 14.5 Å². The summed E-state index contributed by atoms with van der Waals surface area (Å²) in [5.41, 5.74) is 4.09. The molecule has 0 saturated carbocycles. The zero-order valence-electron chi connectivity index (χ0n) is 19.6. The Morgan fingerprint density at radius 2 is 1.77 bits per heavy atom. The number of carbonyl (C=O) groups is 2. The van der Waals surface area contributed by atoms with E-state index in [0.29, 0.717) is 28.6 Å². The van der Waals surface area contributed by atoms with Gasteiger partial charge in [-0.25, -0.2) is 4.98 Å². The highest BCUT2D eigenvalue weighted by Gasteiger charge is 2.48. The molecule has 0 aliphatic carbocycles. The molecule has 1 fully saturated rings. The maximum absolute atomic E-state index is 13.4. The normalized spacial score (nSPS) is 17.3. The van der Waals surface area contributed by atoms with Crippen molar-refractivity contribution in [2.45, 2.75) is 26.8 Å². The Labute approximate surface area is 207 Å². The summed E-state index contributed by atoms with van der Waals surface area (Å²) in [6, 6.07) is 19.3. The first-order chi connectivity index (χ1) is 16.9. The van der Waals surface area contributed by atoms with E-state index in [1.807, 2.05) is 63.2 Å². The van der Waals surface area contributed by atoms with E-state index in [9.17, 15) is 14.7 Å². The number of carbonyl (C=O) groups excluding carboxylic acids is 2. The van der Waals surface area contributed by atoms with E-state index in [1.165, 1.54) is 16.2 Å². The lowest BCUT2D eigenvalue weighted by atomic mass is 9.95. The number of ether oxygens (including phenoxy) is 1. The van der Waals surface area contributed by atoms with Crippen molar-refractivity contribution in [1.29, 1.82) is 0 Å². The minimum Gasteiger partial charge on any atom is -0.507 e. The van der Waals surface area contributed by atoms with Crippen molar-refractivity contribution in [2.75, 3.05) is 11.5 Å². The smallest absolute Gasteiger partial charge is 0.301 e. The topological polar surface area (TPSA) is 79.7 Å². The van der Waals surface area contributed by atoms with Crippen molar-refractivity contribution in [3.63, 3.8) is 0 Å². The van der Waals surface area contributed by atoms with Crippen LogP contribution < -0.4 is 9.64 Å². The third kappa shape index (κ3) is 3.98. The number of aryl methyl sites for hydroxylation is 2. The van der Waals surface area contributed by atoms with Gasteiger partial charge in [0.15, 0.2) is 5.13 Å². The SMILES string of the molecule is CCOc1ccc(C(O)=C2C(=O)C(=O)N(c3nc4c(C)cc(C)cc4s3)[C@H]2c2ccccc2)cc1. The summed E-state index contributed by atoms with van der Waals surface area (Å²) in [6.07, 6.45) is 0. The number of Topliss-reactive ketones (excluding diaryl/α,β-unsaturated/α-hetero) is 1. The number of hydrogen-bond donors (Lipinski definition) is 1. The molecule has 1 aliphatic rings. The van der Waals surface area contributed by atoms with E-state index in [1.54, 1.807) is 24.3 Å². The van der Waals surface area contributed by atoms with Crippen molar-refractivity contribution in [2.24, 2.45) is 0 Å². The van der Waals surface area contributed by atoms with Gasteiger partial charge >= 0.3 is 5.91 Å². The second kappa shape index (κ2) is 9.00. The molecule has 1 N–H and O–H groups in total. The van der Waals surface area contributed by atoms with Crippen LogP contribution in [-0.4, -0.2) is 28.4 Å². The summed E-state index contributed by atoms with van der Waals surface area (Å²) >= 11 is 1.37. The van der Waals surface area contributed by atoms with Gasteiger partial charge in [-0.05, 0) is 67.8 Å². The van der Waals surface area contributed by atoms with Crippen LogP contribution in [0.3, 0.4) is 0 Å². The molecule has 3 aromatic carbocycles. The molecule has 1 amide bonds. The highest BCUT2D eigenvalue weighted by atomic mass is 32.1. The number of ketones is 1. The molecule has 5 rings (SSSR count). The molecular weight excluding hydrogens is 460 g/mol. The third-order valence-corrected chi connectivity index (χ3v) is 7.02. The Kier molecular flexibility index (Phi) is 5.86. The fourth-order valence-corrected chi connectivity index (χ4v) is 5.64. The molecular formula is C28H24N2O4S. The van der Waals surface area contributed by atoms with Gasteiger partial charge < -0.3 is 9.84 Å². The average molecular weight is 485 g/mol. The molecule has 1 atom stereocenters. The second-order valence-electron chi connectivity index (χ2n) is 8.46. The lowest BCUT2D eigenvalue weighted by Gasteiger charge is -2.22. The third-order valence-electron chi connectivity index (χ3n) is 6.02. The molecule has 0 spiro atoms. The van der Waals surface area contributed by atoms with E-state index in [-0.39, 0.29) is 11.3 Å². The van der Waals surface area contributed by atoms with Gasteiger partial charge in [-0.1, -0.05) is 47.7 Å². The van der Waals surface area contributed by atoms with Crippen molar-refractivity contribution in [3.05, 3.63) is 94.6 Å². The Hall–Kier alpha value is -3.97. The van der Waals surface area contributed by atoms with Gasteiger partial charge in [0.1, 0.15) is 11.5 Å². The van der Waals surface area contributed by atoms with Crippen LogP contribution in [0.15, 0.2) is 72.3 Å². The number of rotatable bonds is 5. The summed E-state index contributed by atoms with van der Waals surface area (Å²) in [4.78, 5) is 32.9. The summed E-state index contributed by atoms with van der Waals surface area (Å²) in [6.45, 7) is 6.40. The molecule has 0 bridgehead atoms. The number of nitrogens with zero attached hydrogens (tertiary/aromatic N) is 2. The number of benzene rings is 3. The Balaban J connectivity index is 1.68. The first kappa shape index (κ1) is 22.8. The van der Waals surface area contributed by atoms with Crippen molar-refractivity contribution < 1.29 is 19.4 Å². The number of thiazole rings is 1. The van der Waals surface area contributed by atoms with E-state index >= 15 is 0 Å². The average Bonchev–Trinajstić information content (AvgIpc) is 3.38. The fourth-order valence-electron chi connectivity index (χ4n) is 4.47. The Morgan fingerprint density at radius 1 is 1.06 bits per heavy atom. The van der Waals surface area contributed by atoms with Crippen LogP contribution in [0.25, 0.3) is 16.0 Å². The molecule has 2 heterocycles. The van der Waals surface area contributed by atoms with Crippen LogP contribution in [0.4, 0.5) is 5.13 Å². The van der Waals surface area contributed by atoms with Gasteiger partial charge in [0.05, 0.1) is 28.4 Å². The van der Waals surface area contributed by atoms with Crippen molar-refractivity contribution in [3.8, 4) is 5.75 Å². The van der Waals surface area contributed by atoms with Crippen LogP contribution in [0.2, 0.25) is 0 Å². The van der Waals surface area contributed by atoms with E-state index in [0.717, 1.165) is 21.3 Å². The molecule has 0 unspecified atom stereocenters. The first-order valence-corrected chi connectivity index (χ1v) is 12.2. The number of anilines is 1. The maximum atomic E-state index is 13.4. The first-order valence-electron chi connectivity index (χ1n) is 11.4. The molecule has 176 valence electrons. The zero-order valence-corrected chi connectivity index (χ0v) is 20.4. The van der Waals surface area contributed by atoms with Gasteiger partial charge in [0, 0.05) is 5.56 Å². The van der Waals surface area contributed by atoms with Gasteiger partial charge in [-0.15, -0.1) is 0 Å². The Bertz CT molecular complexity index is 1470. The van der Waals surface area contributed by atoms with Gasteiger partial charge in [-0.2, -0.15) is 0 Å². The highest BCUT2D eigenvalue weighted by Crippen LogP contribution is 2.44. The molecule has 4 aromatic rings. The maximum Gasteiger partial charge on any atom is 0.301 e.